The Bertz CT molecular complexity index is 494. The highest BCUT2D eigenvalue weighted by atomic mass is 16.4. The van der Waals surface area contributed by atoms with Crippen molar-refractivity contribution in [3.05, 3.63) is 12.2 Å². The van der Waals surface area contributed by atoms with Crippen LogP contribution in [0.2, 0.25) is 0 Å². The second-order valence-electron chi connectivity index (χ2n) is 4.30. The minimum Gasteiger partial charge on any atom is -0.481 e. The van der Waals surface area contributed by atoms with Gasteiger partial charge in [-0.25, -0.2) is 4.79 Å². The summed E-state index contributed by atoms with van der Waals surface area (Å²) in [6.45, 7) is -0.165. The standard InChI is InChI=1S/C12H14N2O7/c15-8(5-6-14-9(16)2-3-10(14)17)13-7(12(20)21)1-4-11(18)19/h2-3,7H,1,4-6H2,(H,13,15)(H,18,19)(H,20,21)/t7-/m0/s1. The van der Waals surface area contributed by atoms with Gasteiger partial charge >= 0.3 is 11.9 Å². The molecule has 9 nitrogen and oxygen atoms in total. The Labute approximate surface area is 119 Å². The average molecular weight is 298 g/mol. The van der Waals surface area contributed by atoms with Gasteiger partial charge in [-0.2, -0.15) is 0 Å². The third kappa shape index (κ3) is 5.05. The summed E-state index contributed by atoms with van der Waals surface area (Å²) >= 11 is 0. The molecule has 0 aromatic carbocycles. The predicted octanol–water partition coefficient (Wildman–Crippen LogP) is -1.26. The van der Waals surface area contributed by atoms with Crippen molar-refractivity contribution in [1.29, 1.82) is 0 Å². The van der Waals surface area contributed by atoms with E-state index in [0.29, 0.717) is 0 Å². The van der Waals surface area contributed by atoms with E-state index >= 15 is 0 Å². The molecular formula is C12H14N2O7. The summed E-state index contributed by atoms with van der Waals surface area (Å²) in [6, 6.07) is -1.32. The Balaban J connectivity index is 2.43. The smallest absolute Gasteiger partial charge is 0.326 e. The molecule has 1 aliphatic rings. The molecule has 1 heterocycles. The van der Waals surface area contributed by atoms with Crippen LogP contribution < -0.4 is 5.32 Å². The summed E-state index contributed by atoms with van der Waals surface area (Å²) in [5.74, 6) is -4.27. The lowest BCUT2D eigenvalue weighted by molar-refractivity contribution is -0.144. The van der Waals surface area contributed by atoms with Crippen molar-refractivity contribution in [2.75, 3.05) is 6.54 Å². The van der Waals surface area contributed by atoms with Gasteiger partial charge in [0, 0.05) is 31.5 Å². The maximum Gasteiger partial charge on any atom is 0.326 e. The Hall–Kier alpha value is -2.71. The second kappa shape index (κ2) is 7.17. The van der Waals surface area contributed by atoms with Crippen LogP contribution in [-0.2, 0) is 24.0 Å². The van der Waals surface area contributed by atoms with Gasteiger partial charge in [0.15, 0.2) is 0 Å². The molecule has 0 fully saturated rings. The Morgan fingerprint density at radius 1 is 1.10 bits per heavy atom. The first-order valence-corrected chi connectivity index (χ1v) is 6.08. The van der Waals surface area contributed by atoms with E-state index in [-0.39, 0.29) is 19.4 Å². The number of imide groups is 1. The molecule has 3 N–H and O–H groups in total. The zero-order valence-corrected chi connectivity index (χ0v) is 10.9. The van der Waals surface area contributed by atoms with Crippen molar-refractivity contribution in [3.63, 3.8) is 0 Å². The Morgan fingerprint density at radius 3 is 2.14 bits per heavy atom. The zero-order chi connectivity index (χ0) is 16.0. The van der Waals surface area contributed by atoms with Crippen LogP contribution in [0.3, 0.4) is 0 Å². The summed E-state index contributed by atoms with van der Waals surface area (Å²) in [5.41, 5.74) is 0. The zero-order valence-electron chi connectivity index (χ0n) is 10.9. The molecule has 3 amide bonds. The molecule has 0 aromatic heterocycles. The Morgan fingerprint density at radius 2 is 1.67 bits per heavy atom. The number of carboxylic acid groups (broad SMARTS) is 2. The van der Waals surface area contributed by atoms with Crippen molar-refractivity contribution >= 4 is 29.7 Å². The van der Waals surface area contributed by atoms with Crippen LogP contribution in [0.1, 0.15) is 19.3 Å². The lowest BCUT2D eigenvalue weighted by Crippen LogP contribution is -2.42. The molecule has 114 valence electrons. The lowest BCUT2D eigenvalue weighted by Gasteiger charge is -2.16. The largest absolute Gasteiger partial charge is 0.481 e. The van der Waals surface area contributed by atoms with Crippen molar-refractivity contribution in [2.45, 2.75) is 25.3 Å². The average Bonchev–Trinajstić information content (AvgIpc) is 2.71. The second-order valence-corrected chi connectivity index (χ2v) is 4.30. The summed E-state index contributed by atoms with van der Waals surface area (Å²) in [5, 5.41) is 19.5. The van der Waals surface area contributed by atoms with Gasteiger partial charge in [0.2, 0.25) is 5.91 Å². The van der Waals surface area contributed by atoms with Gasteiger partial charge in [-0.3, -0.25) is 24.1 Å². The molecule has 0 bridgehead atoms. The number of nitrogens with one attached hydrogen (secondary N) is 1. The van der Waals surface area contributed by atoms with Crippen LogP contribution in [-0.4, -0.2) is 57.4 Å². The number of hydrogen-bond donors (Lipinski definition) is 3. The van der Waals surface area contributed by atoms with E-state index in [4.69, 9.17) is 10.2 Å². The minimum absolute atomic E-state index is 0.165. The highest BCUT2D eigenvalue weighted by Gasteiger charge is 2.25. The Kier molecular flexibility index (Phi) is 5.58. The number of carbonyl (C=O) groups excluding carboxylic acids is 3. The van der Waals surface area contributed by atoms with E-state index in [2.05, 4.69) is 5.32 Å². The minimum atomic E-state index is -1.35. The van der Waals surface area contributed by atoms with Crippen LogP contribution in [0.4, 0.5) is 0 Å². The number of carbonyl (C=O) groups is 5. The topological polar surface area (TPSA) is 141 Å². The first kappa shape index (κ1) is 16.3. The number of rotatable bonds is 8. The molecule has 0 saturated heterocycles. The molecule has 9 heteroatoms. The van der Waals surface area contributed by atoms with E-state index < -0.39 is 42.1 Å². The normalized spacial score (nSPS) is 15.1. The van der Waals surface area contributed by atoms with Crippen LogP contribution in [0.25, 0.3) is 0 Å². The van der Waals surface area contributed by atoms with Crippen LogP contribution >= 0.6 is 0 Å². The van der Waals surface area contributed by atoms with E-state index in [0.717, 1.165) is 17.1 Å². The number of aliphatic carboxylic acids is 2. The van der Waals surface area contributed by atoms with E-state index in [1.165, 1.54) is 0 Å². The summed E-state index contributed by atoms with van der Waals surface area (Å²) in [4.78, 5) is 56.2. The van der Waals surface area contributed by atoms with E-state index in [1.807, 2.05) is 0 Å². The van der Waals surface area contributed by atoms with Crippen LogP contribution in [0, 0.1) is 0 Å². The summed E-state index contributed by atoms with van der Waals surface area (Å²) in [7, 11) is 0. The molecule has 0 aromatic rings. The number of nitrogens with zero attached hydrogens (tertiary/aromatic N) is 1. The third-order valence-corrected chi connectivity index (χ3v) is 2.74. The first-order valence-electron chi connectivity index (χ1n) is 6.08. The molecule has 0 spiro atoms. The lowest BCUT2D eigenvalue weighted by atomic mass is 10.1. The molecule has 1 rings (SSSR count). The molecule has 1 atom stereocenters. The molecule has 1 aliphatic heterocycles. The maximum atomic E-state index is 11.6. The highest BCUT2D eigenvalue weighted by molar-refractivity contribution is 6.13. The van der Waals surface area contributed by atoms with Gasteiger partial charge in [0.25, 0.3) is 11.8 Å². The SMILES string of the molecule is O=C(O)CC[C@H](NC(=O)CCN1C(=O)C=CC1=O)C(=O)O. The highest BCUT2D eigenvalue weighted by Crippen LogP contribution is 2.05. The first-order chi connectivity index (χ1) is 9.81. The monoisotopic (exact) mass is 298 g/mol. The number of amides is 3. The quantitative estimate of drug-likeness (QED) is 0.475. The van der Waals surface area contributed by atoms with Gasteiger partial charge in [-0.1, -0.05) is 0 Å². The molecule has 0 radical (unpaired) electrons. The fraction of sp³-hybridized carbons (Fsp3) is 0.417. The van der Waals surface area contributed by atoms with Gasteiger partial charge in [0.05, 0.1) is 0 Å². The van der Waals surface area contributed by atoms with Crippen molar-refractivity contribution in [1.82, 2.24) is 10.2 Å². The predicted molar refractivity (Wildman–Crippen MR) is 66.9 cm³/mol. The van der Waals surface area contributed by atoms with Crippen molar-refractivity contribution in [2.24, 2.45) is 0 Å². The fourth-order valence-electron chi connectivity index (χ4n) is 1.66. The fourth-order valence-corrected chi connectivity index (χ4v) is 1.66. The molecule has 0 saturated carbocycles. The van der Waals surface area contributed by atoms with Crippen LogP contribution in [0.15, 0.2) is 12.2 Å². The molecule has 0 aliphatic carbocycles. The molecule has 21 heavy (non-hydrogen) atoms. The van der Waals surface area contributed by atoms with E-state index in [9.17, 15) is 24.0 Å². The van der Waals surface area contributed by atoms with E-state index in [1.54, 1.807) is 0 Å². The van der Waals surface area contributed by atoms with Gasteiger partial charge in [-0.05, 0) is 6.42 Å². The molecule has 0 unspecified atom stereocenters. The maximum absolute atomic E-state index is 11.6. The van der Waals surface area contributed by atoms with Gasteiger partial charge < -0.3 is 15.5 Å². The number of hydrogen-bond acceptors (Lipinski definition) is 5. The van der Waals surface area contributed by atoms with Crippen LogP contribution in [0.5, 0.6) is 0 Å². The summed E-state index contributed by atoms with van der Waals surface area (Å²) in [6.07, 6.45) is 1.25. The third-order valence-electron chi connectivity index (χ3n) is 2.74. The van der Waals surface area contributed by atoms with Gasteiger partial charge in [-0.15, -0.1) is 0 Å². The van der Waals surface area contributed by atoms with Crippen molar-refractivity contribution < 1.29 is 34.2 Å². The van der Waals surface area contributed by atoms with Crippen molar-refractivity contribution in [3.8, 4) is 0 Å². The van der Waals surface area contributed by atoms with Gasteiger partial charge in [0.1, 0.15) is 6.04 Å². The molecular weight excluding hydrogens is 284 g/mol. The number of carboxylic acids is 2. The summed E-state index contributed by atoms with van der Waals surface area (Å²) < 4.78 is 0.